The SMILES string of the molecule is CSC(CCc1ccccc1)C(=S)Sc1ccco1. The summed E-state index contributed by atoms with van der Waals surface area (Å²) in [4.78, 5) is 0. The molecule has 2 aromatic rings. The van der Waals surface area contributed by atoms with Gasteiger partial charge in [0.15, 0.2) is 5.09 Å². The lowest BCUT2D eigenvalue weighted by Gasteiger charge is -2.14. The normalized spacial score (nSPS) is 12.3. The van der Waals surface area contributed by atoms with Gasteiger partial charge in [0, 0.05) is 5.25 Å². The van der Waals surface area contributed by atoms with E-state index in [2.05, 4.69) is 30.5 Å². The number of furan rings is 1. The van der Waals surface area contributed by atoms with Gasteiger partial charge in [-0.15, -0.1) is 0 Å². The van der Waals surface area contributed by atoms with Gasteiger partial charge in [0.1, 0.15) is 0 Å². The molecule has 19 heavy (non-hydrogen) atoms. The number of thioether (sulfide) groups is 2. The topological polar surface area (TPSA) is 13.1 Å². The summed E-state index contributed by atoms with van der Waals surface area (Å²) in [5.74, 6) is 0. The van der Waals surface area contributed by atoms with E-state index in [1.54, 1.807) is 18.0 Å². The Morgan fingerprint density at radius 1 is 1.21 bits per heavy atom. The van der Waals surface area contributed by atoms with Crippen LogP contribution in [0.4, 0.5) is 0 Å². The van der Waals surface area contributed by atoms with E-state index in [1.165, 1.54) is 5.56 Å². The molecule has 0 spiro atoms. The maximum absolute atomic E-state index is 5.52. The molecule has 1 aromatic heterocycles. The fourth-order valence-electron chi connectivity index (χ4n) is 1.76. The van der Waals surface area contributed by atoms with Crippen molar-refractivity contribution >= 4 is 39.9 Å². The maximum atomic E-state index is 5.52. The van der Waals surface area contributed by atoms with E-state index in [0.717, 1.165) is 22.1 Å². The summed E-state index contributed by atoms with van der Waals surface area (Å²) in [6.45, 7) is 0. The number of aryl methyl sites for hydroxylation is 1. The summed E-state index contributed by atoms with van der Waals surface area (Å²) in [7, 11) is 0. The van der Waals surface area contributed by atoms with Crippen LogP contribution in [0.3, 0.4) is 0 Å². The molecule has 1 nitrogen and oxygen atoms in total. The van der Waals surface area contributed by atoms with Crippen LogP contribution in [0.5, 0.6) is 0 Å². The van der Waals surface area contributed by atoms with Gasteiger partial charge in [-0.3, -0.25) is 0 Å². The average molecular weight is 308 g/mol. The van der Waals surface area contributed by atoms with Crippen molar-refractivity contribution in [2.45, 2.75) is 23.2 Å². The van der Waals surface area contributed by atoms with Crippen LogP contribution in [0.25, 0.3) is 0 Å². The van der Waals surface area contributed by atoms with Gasteiger partial charge in [-0.05, 0) is 48.6 Å². The molecule has 0 aliphatic rings. The highest BCUT2D eigenvalue weighted by Gasteiger charge is 2.15. The second-order valence-corrected chi connectivity index (χ2v) is 6.89. The van der Waals surface area contributed by atoms with Crippen LogP contribution in [0.2, 0.25) is 0 Å². The maximum Gasteiger partial charge on any atom is 0.165 e. The summed E-state index contributed by atoms with van der Waals surface area (Å²) in [6.07, 6.45) is 5.93. The predicted octanol–water partition coefficient (Wildman–Crippen LogP) is 5.06. The second-order valence-electron chi connectivity index (χ2n) is 4.10. The number of benzene rings is 1. The molecular weight excluding hydrogens is 292 g/mol. The molecule has 0 fully saturated rings. The zero-order valence-corrected chi connectivity index (χ0v) is 13.2. The van der Waals surface area contributed by atoms with Gasteiger partial charge >= 0.3 is 0 Å². The molecule has 1 aromatic carbocycles. The predicted molar refractivity (Wildman–Crippen MR) is 89.2 cm³/mol. The smallest absolute Gasteiger partial charge is 0.165 e. The fraction of sp³-hybridized carbons (Fsp3) is 0.267. The van der Waals surface area contributed by atoms with E-state index in [0.29, 0.717) is 5.25 Å². The van der Waals surface area contributed by atoms with Crippen LogP contribution in [-0.2, 0) is 6.42 Å². The first-order valence-corrected chi connectivity index (χ1v) is 8.63. The zero-order valence-electron chi connectivity index (χ0n) is 10.7. The molecule has 0 radical (unpaired) electrons. The minimum Gasteiger partial charge on any atom is -0.458 e. The molecule has 0 N–H and O–H groups in total. The molecule has 0 bridgehead atoms. The van der Waals surface area contributed by atoms with Crippen molar-refractivity contribution in [1.82, 2.24) is 0 Å². The number of rotatable bonds is 6. The molecule has 1 heterocycles. The van der Waals surface area contributed by atoms with Gasteiger partial charge < -0.3 is 4.42 Å². The van der Waals surface area contributed by atoms with Crippen molar-refractivity contribution in [1.29, 1.82) is 0 Å². The van der Waals surface area contributed by atoms with Crippen LogP contribution >= 0.6 is 35.7 Å². The lowest BCUT2D eigenvalue weighted by molar-refractivity contribution is 0.475. The molecule has 0 aliphatic carbocycles. The molecule has 2 rings (SSSR count). The van der Waals surface area contributed by atoms with Crippen molar-refractivity contribution in [2.24, 2.45) is 0 Å². The van der Waals surface area contributed by atoms with Crippen molar-refractivity contribution in [3.05, 3.63) is 54.3 Å². The van der Waals surface area contributed by atoms with Crippen molar-refractivity contribution in [3.8, 4) is 0 Å². The van der Waals surface area contributed by atoms with Crippen LogP contribution in [-0.4, -0.2) is 15.7 Å². The second kappa shape index (κ2) is 7.78. The fourth-order valence-corrected chi connectivity index (χ4v) is 4.09. The highest BCUT2D eigenvalue weighted by atomic mass is 32.2. The van der Waals surface area contributed by atoms with Gasteiger partial charge in [0.25, 0.3) is 0 Å². The van der Waals surface area contributed by atoms with E-state index in [-0.39, 0.29) is 0 Å². The largest absolute Gasteiger partial charge is 0.458 e. The summed E-state index contributed by atoms with van der Waals surface area (Å²) in [6, 6.07) is 14.4. The van der Waals surface area contributed by atoms with E-state index in [4.69, 9.17) is 16.6 Å². The van der Waals surface area contributed by atoms with Gasteiger partial charge in [-0.25, -0.2) is 0 Å². The Balaban J connectivity index is 1.87. The highest BCUT2D eigenvalue weighted by molar-refractivity contribution is 8.24. The summed E-state index contributed by atoms with van der Waals surface area (Å²) >= 11 is 8.90. The van der Waals surface area contributed by atoms with E-state index < -0.39 is 0 Å². The van der Waals surface area contributed by atoms with Crippen LogP contribution in [0.15, 0.2) is 58.2 Å². The third-order valence-corrected chi connectivity index (χ3v) is 5.57. The lowest BCUT2D eigenvalue weighted by Crippen LogP contribution is -2.12. The first-order chi connectivity index (χ1) is 9.29. The third-order valence-electron chi connectivity index (χ3n) is 2.78. The molecule has 1 atom stereocenters. The van der Waals surface area contributed by atoms with Gasteiger partial charge in [0.05, 0.1) is 10.5 Å². The van der Waals surface area contributed by atoms with Crippen molar-refractivity contribution < 1.29 is 4.42 Å². The van der Waals surface area contributed by atoms with E-state index >= 15 is 0 Å². The Labute approximate surface area is 128 Å². The molecular formula is C15H16OS3. The molecule has 0 aliphatic heterocycles. The Kier molecular flexibility index (Phi) is 6.01. The standard InChI is InChI=1S/C15H16OS3/c1-18-13(10-9-12-6-3-2-4-7-12)15(17)19-14-8-5-11-16-14/h2-8,11,13H,9-10H2,1H3. The number of hydrogen-bond acceptors (Lipinski definition) is 4. The molecule has 4 heteroatoms. The minimum absolute atomic E-state index is 0.380. The quantitative estimate of drug-likeness (QED) is 0.546. The zero-order chi connectivity index (χ0) is 13.5. The Hall–Kier alpha value is -0.710. The van der Waals surface area contributed by atoms with Crippen molar-refractivity contribution in [3.63, 3.8) is 0 Å². The molecule has 1 unspecified atom stereocenters. The van der Waals surface area contributed by atoms with Crippen LogP contribution in [0, 0.1) is 0 Å². The van der Waals surface area contributed by atoms with Gasteiger partial charge in [-0.2, -0.15) is 11.8 Å². The Morgan fingerprint density at radius 3 is 2.63 bits per heavy atom. The average Bonchev–Trinajstić information content (AvgIpc) is 2.93. The third kappa shape index (κ3) is 4.71. The molecule has 0 saturated carbocycles. The van der Waals surface area contributed by atoms with Crippen LogP contribution in [0.1, 0.15) is 12.0 Å². The summed E-state index contributed by atoms with van der Waals surface area (Å²) in [5.41, 5.74) is 1.37. The van der Waals surface area contributed by atoms with E-state index in [9.17, 15) is 0 Å². The molecule has 100 valence electrons. The van der Waals surface area contributed by atoms with Gasteiger partial charge in [0.2, 0.25) is 0 Å². The van der Waals surface area contributed by atoms with Crippen molar-refractivity contribution in [2.75, 3.05) is 6.26 Å². The first kappa shape index (κ1) is 14.7. The Bertz CT molecular complexity index is 493. The summed E-state index contributed by atoms with van der Waals surface area (Å²) < 4.78 is 6.33. The minimum atomic E-state index is 0.380. The summed E-state index contributed by atoms with van der Waals surface area (Å²) in [5, 5.41) is 1.26. The number of thiocarbonyl (C=S) groups is 1. The number of hydrogen-bond donors (Lipinski definition) is 0. The first-order valence-electron chi connectivity index (χ1n) is 6.11. The van der Waals surface area contributed by atoms with Crippen LogP contribution < -0.4 is 0 Å². The van der Waals surface area contributed by atoms with E-state index in [1.807, 2.05) is 30.0 Å². The molecule has 0 saturated heterocycles. The monoisotopic (exact) mass is 308 g/mol. The van der Waals surface area contributed by atoms with Gasteiger partial charge in [-0.1, -0.05) is 42.5 Å². The Morgan fingerprint density at radius 2 is 2.00 bits per heavy atom. The highest BCUT2D eigenvalue weighted by Crippen LogP contribution is 2.28. The lowest BCUT2D eigenvalue weighted by atomic mass is 10.1. The molecule has 0 amide bonds.